The molecule has 1 N–H and O–H groups in total. The lowest BCUT2D eigenvalue weighted by Crippen LogP contribution is -2.35. The smallest absolute Gasteiger partial charge is 0.410 e. The number of benzene rings is 1. The van der Waals surface area contributed by atoms with Crippen LogP contribution in [-0.2, 0) is 9.53 Å². The van der Waals surface area contributed by atoms with Crippen LogP contribution in [0, 0.1) is 5.92 Å². The van der Waals surface area contributed by atoms with Gasteiger partial charge in [0, 0.05) is 19.0 Å². The molecule has 1 aliphatic heterocycles. The summed E-state index contributed by atoms with van der Waals surface area (Å²) in [4.78, 5) is 25.5. The van der Waals surface area contributed by atoms with Crippen LogP contribution in [0.5, 0.6) is 0 Å². The largest absolute Gasteiger partial charge is 0.481 e. The maximum absolute atomic E-state index is 12.3. The quantitative estimate of drug-likeness (QED) is 0.912. The van der Waals surface area contributed by atoms with Crippen LogP contribution in [0.1, 0.15) is 57.6 Å². The minimum atomic E-state index is -0.874. The molecule has 0 aliphatic carbocycles. The first-order valence-electron chi connectivity index (χ1n) is 8.39. The number of hydrogen-bond donors (Lipinski definition) is 1. The van der Waals surface area contributed by atoms with Crippen molar-refractivity contribution in [3.05, 3.63) is 35.4 Å². The van der Waals surface area contributed by atoms with Gasteiger partial charge in [-0.05, 0) is 37.8 Å². The molecule has 2 rings (SSSR count). The highest BCUT2D eigenvalue weighted by Gasteiger charge is 2.41. The van der Waals surface area contributed by atoms with Gasteiger partial charge in [0.25, 0.3) is 0 Å². The maximum atomic E-state index is 12.3. The Labute approximate surface area is 143 Å². The molecular weight excluding hydrogens is 306 g/mol. The van der Waals surface area contributed by atoms with Crippen molar-refractivity contribution in [2.24, 2.45) is 5.92 Å². The van der Waals surface area contributed by atoms with Gasteiger partial charge in [0.05, 0.1) is 5.92 Å². The topological polar surface area (TPSA) is 66.8 Å². The number of hydrogen-bond acceptors (Lipinski definition) is 3. The predicted octanol–water partition coefficient (Wildman–Crippen LogP) is 3.85. The van der Waals surface area contributed by atoms with Gasteiger partial charge in [0.2, 0.25) is 0 Å². The van der Waals surface area contributed by atoms with Crippen LogP contribution in [0.25, 0.3) is 0 Å². The first-order chi connectivity index (χ1) is 11.1. The van der Waals surface area contributed by atoms with E-state index in [0.717, 1.165) is 5.56 Å². The lowest BCUT2D eigenvalue weighted by Gasteiger charge is -2.24. The van der Waals surface area contributed by atoms with Gasteiger partial charge in [-0.15, -0.1) is 0 Å². The van der Waals surface area contributed by atoms with Crippen molar-refractivity contribution in [3.8, 4) is 0 Å². The third kappa shape index (κ3) is 4.28. The number of rotatable bonds is 3. The molecule has 1 aromatic carbocycles. The van der Waals surface area contributed by atoms with Gasteiger partial charge in [-0.1, -0.05) is 38.1 Å². The number of likely N-dealkylation sites (tertiary alicyclic amines) is 1. The Hall–Kier alpha value is -2.04. The van der Waals surface area contributed by atoms with Crippen LogP contribution < -0.4 is 0 Å². The van der Waals surface area contributed by atoms with Crippen LogP contribution in [-0.4, -0.2) is 40.8 Å². The normalized spacial score (nSPS) is 21.2. The van der Waals surface area contributed by atoms with Gasteiger partial charge >= 0.3 is 12.1 Å². The molecule has 1 aliphatic rings. The Morgan fingerprint density at radius 1 is 1.25 bits per heavy atom. The fraction of sp³-hybridized carbons (Fsp3) is 0.579. The molecule has 0 aromatic heterocycles. The van der Waals surface area contributed by atoms with Gasteiger partial charge in [-0.25, -0.2) is 4.79 Å². The van der Waals surface area contributed by atoms with E-state index in [2.05, 4.69) is 19.9 Å². The van der Waals surface area contributed by atoms with Gasteiger partial charge in [0.1, 0.15) is 5.60 Å². The van der Waals surface area contributed by atoms with Crippen LogP contribution >= 0.6 is 0 Å². The predicted molar refractivity (Wildman–Crippen MR) is 92.2 cm³/mol. The van der Waals surface area contributed by atoms with Crippen LogP contribution in [0.2, 0.25) is 0 Å². The van der Waals surface area contributed by atoms with E-state index in [1.165, 1.54) is 10.5 Å². The third-order valence-corrected chi connectivity index (χ3v) is 4.29. The van der Waals surface area contributed by atoms with Crippen molar-refractivity contribution in [3.63, 3.8) is 0 Å². The van der Waals surface area contributed by atoms with E-state index < -0.39 is 23.6 Å². The van der Waals surface area contributed by atoms with Gasteiger partial charge in [0.15, 0.2) is 0 Å². The van der Waals surface area contributed by atoms with Gasteiger partial charge in [-0.2, -0.15) is 0 Å². The summed E-state index contributed by atoms with van der Waals surface area (Å²) in [5.74, 6) is -1.33. The van der Waals surface area contributed by atoms with Crippen LogP contribution in [0.4, 0.5) is 4.79 Å². The zero-order chi connectivity index (χ0) is 18.1. The molecule has 2 unspecified atom stereocenters. The molecule has 2 atom stereocenters. The highest BCUT2D eigenvalue weighted by molar-refractivity contribution is 5.76. The number of carboxylic acid groups (broad SMARTS) is 1. The number of aliphatic carboxylic acids is 1. The Balaban J connectivity index is 2.24. The van der Waals surface area contributed by atoms with Crippen molar-refractivity contribution in [1.82, 2.24) is 4.90 Å². The summed E-state index contributed by atoms with van der Waals surface area (Å²) in [7, 11) is 0. The molecule has 1 amide bonds. The Morgan fingerprint density at radius 3 is 2.46 bits per heavy atom. The highest BCUT2D eigenvalue weighted by atomic mass is 16.6. The Bertz CT molecular complexity index is 618. The summed E-state index contributed by atoms with van der Waals surface area (Å²) in [5, 5.41) is 9.58. The summed E-state index contributed by atoms with van der Waals surface area (Å²) < 4.78 is 5.39. The van der Waals surface area contributed by atoms with E-state index in [1.54, 1.807) is 20.8 Å². The molecule has 0 radical (unpaired) electrons. The maximum Gasteiger partial charge on any atom is 0.410 e. The number of carboxylic acids is 1. The molecule has 1 heterocycles. The molecule has 5 nitrogen and oxygen atoms in total. The van der Waals surface area contributed by atoms with Crippen molar-refractivity contribution in [1.29, 1.82) is 0 Å². The zero-order valence-corrected chi connectivity index (χ0v) is 15.1. The molecule has 5 heteroatoms. The highest BCUT2D eigenvalue weighted by Crippen LogP contribution is 2.34. The first-order valence-corrected chi connectivity index (χ1v) is 8.39. The van der Waals surface area contributed by atoms with E-state index in [0.29, 0.717) is 12.5 Å². The second-order valence-corrected chi connectivity index (χ2v) is 7.76. The fourth-order valence-corrected chi connectivity index (χ4v) is 3.02. The number of carbonyl (C=O) groups is 2. The standard InChI is InChI=1S/C19H27NO4/c1-12(2)13-7-6-8-14(9-13)15-10-20(11-16(15)17(21)22)18(23)24-19(3,4)5/h6-9,12,15-16H,10-11H2,1-5H3,(H,21,22). The lowest BCUT2D eigenvalue weighted by molar-refractivity contribution is -0.141. The molecule has 1 fully saturated rings. The SMILES string of the molecule is CC(C)c1cccc(C2CN(C(=O)OC(C)(C)C)CC2C(=O)O)c1. The van der Waals surface area contributed by atoms with Crippen molar-refractivity contribution >= 4 is 12.1 Å². The Kier molecular flexibility index (Phi) is 5.21. The third-order valence-electron chi connectivity index (χ3n) is 4.29. The molecule has 0 saturated carbocycles. The molecule has 132 valence electrons. The van der Waals surface area contributed by atoms with E-state index in [4.69, 9.17) is 4.74 Å². The number of nitrogens with zero attached hydrogens (tertiary/aromatic N) is 1. The summed E-state index contributed by atoms with van der Waals surface area (Å²) in [6.07, 6.45) is -0.448. The van der Waals surface area contributed by atoms with E-state index >= 15 is 0 Å². The molecular formula is C19H27NO4. The van der Waals surface area contributed by atoms with Crippen molar-refractivity contribution in [2.45, 2.75) is 52.1 Å². The average molecular weight is 333 g/mol. The summed E-state index contributed by atoms with van der Waals surface area (Å²) in [6.45, 7) is 10.2. The van der Waals surface area contributed by atoms with Crippen LogP contribution in [0.15, 0.2) is 24.3 Å². The average Bonchev–Trinajstić information content (AvgIpc) is 2.91. The monoisotopic (exact) mass is 333 g/mol. The lowest BCUT2D eigenvalue weighted by atomic mass is 9.87. The number of carbonyl (C=O) groups excluding carboxylic acids is 1. The number of ether oxygens (including phenoxy) is 1. The van der Waals surface area contributed by atoms with E-state index in [1.807, 2.05) is 18.2 Å². The Morgan fingerprint density at radius 2 is 1.92 bits per heavy atom. The summed E-state index contributed by atoms with van der Waals surface area (Å²) in [6, 6.07) is 8.01. The minimum Gasteiger partial charge on any atom is -0.481 e. The summed E-state index contributed by atoms with van der Waals surface area (Å²) >= 11 is 0. The molecule has 0 bridgehead atoms. The second kappa shape index (κ2) is 6.83. The first kappa shape index (κ1) is 18.3. The molecule has 1 saturated heterocycles. The van der Waals surface area contributed by atoms with Crippen molar-refractivity contribution < 1.29 is 19.4 Å². The van der Waals surface area contributed by atoms with E-state index in [9.17, 15) is 14.7 Å². The van der Waals surface area contributed by atoms with E-state index in [-0.39, 0.29) is 12.5 Å². The van der Waals surface area contributed by atoms with Crippen molar-refractivity contribution in [2.75, 3.05) is 13.1 Å². The number of amides is 1. The fourth-order valence-electron chi connectivity index (χ4n) is 3.02. The molecule has 0 spiro atoms. The summed E-state index contributed by atoms with van der Waals surface area (Å²) in [5.41, 5.74) is 1.55. The van der Waals surface area contributed by atoms with Gasteiger partial charge in [-0.3, -0.25) is 4.79 Å². The zero-order valence-electron chi connectivity index (χ0n) is 15.1. The minimum absolute atomic E-state index is 0.181. The van der Waals surface area contributed by atoms with Crippen LogP contribution in [0.3, 0.4) is 0 Å². The second-order valence-electron chi connectivity index (χ2n) is 7.76. The molecule has 1 aromatic rings. The van der Waals surface area contributed by atoms with Gasteiger partial charge < -0.3 is 14.7 Å². The molecule has 24 heavy (non-hydrogen) atoms.